The largest absolute Gasteiger partial charge is 0.478 e. The van der Waals surface area contributed by atoms with Gasteiger partial charge in [0.1, 0.15) is 0 Å². The molecular weight excluding hydrogens is 352 g/mol. The Labute approximate surface area is 164 Å². The molecule has 1 atom stereocenters. The van der Waals surface area contributed by atoms with Gasteiger partial charge in [-0.2, -0.15) is 0 Å². The number of benzene rings is 2. The monoisotopic (exact) mass is 376 g/mol. The van der Waals surface area contributed by atoms with Gasteiger partial charge in [0.2, 0.25) is 0 Å². The molecule has 1 aliphatic rings. The topological polar surface area (TPSA) is 114 Å². The van der Waals surface area contributed by atoms with E-state index in [-0.39, 0.29) is 11.5 Å². The van der Waals surface area contributed by atoms with Gasteiger partial charge in [-0.15, -0.1) is 0 Å². The van der Waals surface area contributed by atoms with E-state index in [1.807, 2.05) is 38.1 Å². The number of hydrogen-bond donors (Lipinski definition) is 4. The van der Waals surface area contributed by atoms with Crippen LogP contribution in [0.5, 0.6) is 0 Å². The molecule has 6 heteroatoms. The van der Waals surface area contributed by atoms with Crippen molar-refractivity contribution in [2.75, 3.05) is 11.1 Å². The number of rotatable bonds is 4. The lowest BCUT2D eigenvalue weighted by atomic mass is 9.94. The van der Waals surface area contributed by atoms with Crippen LogP contribution in [-0.2, 0) is 0 Å². The lowest BCUT2D eigenvalue weighted by molar-refractivity contribution is 0.0697. The van der Waals surface area contributed by atoms with Crippen molar-refractivity contribution in [3.05, 3.63) is 70.9 Å². The van der Waals surface area contributed by atoms with Crippen LogP contribution >= 0.6 is 0 Å². The Balaban J connectivity index is 1.99. The Hall–Kier alpha value is -3.54. The van der Waals surface area contributed by atoms with E-state index in [0.717, 1.165) is 39.6 Å². The fourth-order valence-corrected chi connectivity index (χ4v) is 2.95. The molecule has 0 bridgehead atoms. The number of aromatic carboxylic acids is 1. The number of carboxylic acids is 1. The first kappa shape index (κ1) is 19.2. The van der Waals surface area contributed by atoms with E-state index in [0.29, 0.717) is 5.69 Å². The quantitative estimate of drug-likeness (QED) is 0.585. The van der Waals surface area contributed by atoms with E-state index in [2.05, 4.69) is 12.2 Å². The molecule has 0 radical (unpaired) electrons. The lowest BCUT2D eigenvalue weighted by Crippen LogP contribution is -2.16. The highest BCUT2D eigenvalue weighted by Gasteiger charge is 2.15. The molecule has 2 aromatic rings. The third kappa shape index (κ3) is 4.06. The van der Waals surface area contributed by atoms with Crippen LogP contribution in [0, 0.1) is 12.8 Å². The molecule has 144 valence electrons. The number of nitrogens with two attached hydrogens (primary N) is 2. The molecule has 28 heavy (non-hydrogen) atoms. The standard InChI is InChI=1S/C22H24N4O2/c1-12-9-19(14(3)8-17(12)23)26-20-10-13(2)18(24)11-21(20)25-16-6-4-15(5-7-16)22(27)28/h4-11,14,25H,23-24H2,1-3H3,(H,27,28). The number of hydrogen-bond acceptors (Lipinski definition) is 5. The predicted octanol–water partition coefficient (Wildman–Crippen LogP) is 4.53. The second-order valence-electron chi connectivity index (χ2n) is 7.01. The minimum atomic E-state index is -0.959. The van der Waals surface area contributed by atoms with Gasteiger partial charge in [-0.05, 0) is 67.5 Å². The van der Waals surface area contributed by atoms with Gasteiger partial charge in [0.05, 0.1) is 16.9 Å². The maximum absolute atomic E-state index is 11.0. The summed E-state index contributed by atoms with van der Waals surface area (Å²) in [4.78, 5) is 15.9. The molecule has 3 rings (SSSR count). The Kier molecular flexibility index (Phi) is 5.22. The van der Waals surface area contributed by atoms with Crippen molar-refractivity contribution >= 4 is 34.4 Å². The van der Waals surface area contributed by atoms with E-state index in [1.165, 1.54) is 0 Å². The van der Waals surface area contributed by atoms with Crippen molar-refractivity contribution in [3.8, 4) is 0 Å². The molecule has 2 aromatic carbocycles. The molecule has 6 nitrogen and oxygen atoms in total. The van der Waals surface area contributed by atoms with Crippen LogP contribution in [0.15, 0.2) is 64.8 Å². The normalized spacial score (nSPS) is 17.8. The van der Waals surface area contributed by atoms with Crippen LogP contribution in [0.4, 0.5) is 22.7 Å². The molecule has 0 saturated heterocycles. The molecule has 0 fully saturated rings. The summed E-state index contributed by atoms with van der Waals surface area (Å²) >= 11 is 0. The van der Waals surface area contributed by atoms with Gasteiger partial charge in [-0.3, -0.25) is 4.99 Å². The summed E-state index contributed by atoms with van der Waals surface area (Å²) in [6, 6.07) is 10.3. The third-order valence-electron chi connectivity index (χ3n) is 4.76. The summed E-state index contributed by atoms with van der Waals surface area (Å²) < 4.78 is 0. The van der Waals surface area contributed by atoms with E-state index in [1.54, 1.807) is 24.3 Å². The summed E-state index contributed by atoms with van der Waals surface area (Å²) in [7, 11) is 0. The summed E-state index contributed by atoms with van der Waals surface area (Å²) in [5, 5.41) is 12.3. The van der Waals surface area contributed by atoms with Crippen LogP contribution in [0.3, 0.4) is 0 Å². The highest BCUT2D eigenvalue weighted by molar-refractivity contribution is 6.02. The molecule has 1 unspecified atom stereocenters. The first-order valence-electron chi connectivity index (χ1n) is 8.99. The highest BCUT2D eigenvalue weighted by atomic mass is 16.4. The van der Waals surface area contributed by atoms with E-state index >= 15 is 0 Å². The molecule has 0 aromatic heterocycles. The van der Waals surface area contributed by atoms with E-state index in [4.69, 9.17) is 21.6 Å². The summed E-state index contributed by atoms with van der Waals surface area (Å²) in [5.41, 5.74) is 18.9. The van der Waals surface area contributed by atoms with Crippen molar-refractivity contribution in [1.29, 1.82) is 0 Å². The average Bonchev–Trinajstić information content (AvgIpc) is 2.64. The first-order chi connectivity index (χ1) is 13.2. The summed E-state index contributed by atoms with van der Waals surface area (Å²) in [6.07, 6.45) is 3.99. The Morgan fingerprint density at radius 2 is 1.82 bits per heavy atom. The van der Waals surface area contributed by atoms with E-state index in [9.17, 15) is 4.79 Å². The second-order valence-corrected chi connectivity index (χ2v) is 7.01. The van der Waals surface area contributed by atoms with Crippen molar-refractivity contribution in [1.82, 2.24) is 0 Å². The molecule has 0 amide bonds. The molecular formula is C22H24N4O2. The number of allylic oxidation sites excluding steroid dienone is 3. The van der Waals surface area contributed by atoms with Gasteiger partial charge < -0.3 is 21.9 Å². The minimum absolute atomic E-state index is 0.101. The van der Waals surface area contributed by atoms with Gasteiger partial charge in [-0.1, -0.05) is 13.0 Å². The third-order valence-corrected chi connectivity index (χ3v) is 4.76. The van der Waals surface area contributed by atoms with Crippen LogP contribution < -0.4 is 16.8 Å². The fraction of sp³-hybridized carbons (Fsp3) is 0.182. The Bertz CT molecular complexity index is 1020. The van der Waals surface area contributed by atoms with Gasteiger partial charge in [0.25, 0.3) is 0 Å². The van der Waals surface area contributed by atoms with Crippen LogP contribution in [0.1, 0.15) is 29.8 Å². The average molecular weight is 376 g/mol. The Morgan fingerprint density at radius 1 is 1.14 bits per heavy atom. The molecule has 1 aliphatic carbocycles. The van der Waals surface area contributed by atoms with Crippen molar-refractivity contribution in [2.24, 2.45) is 16.6 Å². The zero-order valence-corrected chi connectivity index (χ0v) is 16.2. The molecule has 0 aliphatic heterocycles. The maximum Gasteiger partial charge on any atom is 0.335 e. The second kappa shape index (κ2) is 7.60. The minimum Gasteiger partial charge on any atom is -0.478 e. The number of anilines is 3. The zero-order valence-electron chi connectivity index (χ0n) is 16.2. The van der Waals surface area contributed by atoms with Crippen LogP contribution in [0.2, 0.25) is 0 Å². The van der Waals surface area contributed by atoms with Crippen molar-refractivity contribution in [3.63, 3.8) is 0 Å². The number of nitrogen functional groups attached to an aromatic ring is 1. The molecule has 0 saturated carbocycles. The lowest BCUT2D eigenvalue weighted by Gasteiger charge is -2.18. The summed E-state index contributed by atoms with van der Waals surface area (Å²) in [5.74, 6) is -0.858. The van der Waals surface area contributed by atoms with Crippen LogP contribution in [0.25, 0.3) is 0 Å². The SMILES string of the molecule is CC1=CC(=Nc2cc(C)c(N)cc2Nc2ccc(C(=O)O)cc2)C(C)C=C1N. The molecule has 0 spiro atoms. The smallest absolute Gasteiger partial charge is 0.335 e. The van der Waals surface area contributed by atoms with Crippen molar-refractivity contribution < 1.29 is 9.90 Å². The molecule has 6 N–H and O–H groups in total. The number of aliphatic imine (C=N–C) groups is 1. The van der Waals surface area contributed by atoms with Gasteiger partial charge >= 0.3 is 5.97 Å². The summed E-state index contributed by atoms with van der Waals surface area (Å²) in [6.45, 7) is 5.95. The van der Waals surface area contributed by atoms with Gasteiger partial charge in [0.15, 0.2) is 0 Å². The van der Waals surface area contributed by atoms with Crippen LogP contribution in [-0.4, -0.2) is 16.8 Å². The highest BCUT2D eigenvalue weighted by Crippen LogP contribution is 2.34. The Morgan fingerprint density at radius 3 is 2.46 bits per heavy atom. The fourth-order valence-electron chi connectivity index (χ4n) is 2.95. The number of aryl methyl sites for hydroxylation is 1. The first-order valence-corrected chi connectivity index (χ1v) is 8.99. The van der Waals surface area contributed by atoms with E-state index < -0.39 is 5.97 Å². The van der Waals surface area contributed by atoms with Gasteiger partial charge in [0, 0.05) is 28.7 Å². The predicted molar refractivity (Wildman–Crippen MR) is 115 cm³/mol. The van der Waals surface area contributed by atoms with Crippen molar-refractivity contribution in [2.45, 2.75) is 20.8 Å². The van der Waals surface area contributed by atoms with Gasteiger partial charge in [-0.25, -0.2) is 4.79 Å². The molecule has 0 heterocycles. The maximum atomic E-state index is 11.0. The number of carbonyl (C=O) groups is 1. The number of carboxylic acid groups (broad SMARTS) is 1. The number of nitrogens with zero attached hydrogens (tertiary/aromatic N) is 1. The zero-order chi connectivity index (χ0) is 20.4. The number of nitrogens with one attached hydrogen (secondary N) is 1.